The summed E-state index contributed by atoms with van der Waals surface area (Å²) in [4.78, 5) is 36.1. The summed E-state index contributed by atoms with van der Waals surface area (Å²) in [7, 11) is 1.50. The predicted octanol–water partition coefficient (Wildman–Crippen LogP) is 1.45. The molecule has 2 heterocycles. The van der Waals surface area contributed by atoms with Gasteiger partial charge in [-0.25, -0.2) is 0 Å². The second-order valence-corrected chi connectivity index (χ2v) is 6.83. The summed E-state index contributed by atoms with van der Waals surface area (Å²) in [6.07, 6.45) is 3.26. The Morgan fingerprint density at radius 3 is 2.06 bits per heavy atom. The normalized spacial score (nSPS) is 10.0. The van der Waals surface area contributed by atoms with Gasteiger partial charge in [-0.1, -0.05) is 30.3 Å². The lowest BCUT2D eigenvalue weighted by Crippen LogP contribution is -2.30. The van der Waals surface area contributed by atoms with Crippen molar-refractivity contribution in [2.24, 2.45) is 5.73 Å². The van der Waals surface area contributed by atoms with Crippen LogP contribution in [0.5, 0.6) is 0 Å². The van der Waals surface area contributed by atoms with Crippen LogP contribution in [0.1, 0.15) is 28.4 Å². The summed E-state index contributed by atoms with van der Waals surface area (Å²) < 4.78 is 3.10. The van der Waals surface area contributed by atoms with Crippen LogP contribution in [0, 0.1) is 5.41 Å². The third-order valence-electron chi connectivity index (χ3n) is 4.39. The quantitative estimate of drug-likeness (QED) is 0.500. The van der Waals surface area contributed by atoms with Gasteiger partial charge in [0.25, 0.3) is 17.0 Å². The number of carbonyl (C=O) groups is 1. The molecule has 8 nitrogen and oxygen atoms in total. The van der Waals surface area contributed by atoms with Crippen LogP contribution in [0.2, 0.25) is 0 Å². The molecule has 0 aliphatic rings. The van der Waals surface area contributed by atoms with E-state index in [0.29, 0.717) is 24.4 Å². The molecule has 4 N–H and O–H groups in total. The number of amides is 1. The molecule has 0 bridgehead atoms. The standard InChI is InChI=1S/C22H22N4O3.CH5N/c1-16(23)12-24-22(29)19-9-10-21(28)26(15-19)14-18-7-5-17(6-8-18)13-25-11-3-2-4-20(25)27;1-2/h2-11,15,23H,12-14H2,1H3,(H,24,29);2H2,1H3. The van der Waals surface area contributed by atoms with Gasteiger partial charge in [0.1, 0.15) is 0 Å². The molecule has 0 spiro atoms. The van der Waals surface area contributed by atoms with E-state index in [1.165, 1.54) is 36.0 Å². The summed E-state index contributed by atoms with van der Waals surface area (Å²) >= 11 is 0. The van der Waals surface area contributed by atoms with Crippen LogP contribution < -0.4 is 22.2 Å². The maximum Gasteiger partial charge on any atom is 0.253 e. The van der Waals surface area contributed by atoms with Crippen molar-refractivity contribution in [2.75, 3.05) is 13.6 Å². The highest BCUT2D eigenvalue weighted by Crippen LogP contribution is 2.08. The van der Waals surface area contributed by atoms with Crippen LogP contribution in [0.25, 0.3) is 0 Å². The Balaban J connectivity index is 0.00000166. The molecule has 162 valence electrons. The first kappa shape index (κ1) is 23.5. The number of pyridine rings is 2. The zero-order chi connectivity index (χ0) is 22.8. The monoisotopic (exact) mass is 421 g/mol. The molecule has 1 aromatic carbocycles. The lowest BCUT2D eigenvalue weighted by molar-refractivity contribution is 0.0958. The fraction of sp³-hybridized carbons (Fsp3) is 0.217. The highest BCUT2D eigenvalue weighted by molar-refractivity contribution is 5.96. The van der Waals surface area contributed by atoms with Crippen LogP contribution in [0.4, 0.5) is 0 Å². The molecule has 0 aliphatic heterocycles. The first-order valence-electron chi connectivity index (χ1n) is 9.76. The molecule has 0 fully saturated rings. The van der Waals surface area contributed by atoms with E-state index in [0.717, 1.165) is 11.1 Å². The number of nitrogens with two attached hydrogens (primary N) is 1. The van der Waals surface area contributed by atoms with Gasteiger partial charge in [-0.3, -0.25) is 14.4 Å². The van der Waals surface area contributed by atoms with Crippen molar-refractivity contribution in [2.45, 2.75) is 20.0 Å². The Morgan fingerprint density at radius 2 is 1.48 bits per heavy atom. The average molecular weight is 422 g/mol. The molecule has 0 saturated heterocycles. The Morgan fingerprint density at radius 1 is 0.903 bits per heavy atom. The number of aromatic nitrogens is 2. The third-order valence-corrected chi connectivity index (χ3v) is 4.39. The number of nitrogens with one attached hydrogen (secondary N) is 2. The van der Waals surface area contributed by atoms with Gasteiger partial charge in [0.15, 0.2) is 0 Å². The Bertz CT molecular complexity index is 1150. The molecular weight excluding hydrogens is 394 g/mol. The number of nitrogens with zero attached hydrogens (tertiary/aromatic N) is 2. The van der Waals surface area contributed by atoms with E-state index < -0.39 is 0 Å². The Hall–Kier alpha value is -3.78. The van der Waals surface area contributed by atoms with E-state index in [2.05, 4.69) is 11.1 Å². The second-order valence-electron chi connectivity index (χ2n) is 6.83. The minimum absolute atomic E-state index is 0.0589. The summed E-state index contributed by atoms with van der Waals surface area (Å²) in [5.41, 5.74) is 6.84. The molecule has 1 amide bonds. The van der Waals surface area contributed by atoms with Crippen molar-refractivity contribution >= 4 is 11.6 Å². The molecule has 3 rings (SSSR count). The Labute approximate surface area is 180 Å². The van der Waals surface area contributed by atoms with Gasteiger partial charge in [-0.2, -0.15) is 0 Å². The van der Waals surface area contributed by atoms with Gasteiger partial charge in [-0.05, 0) is 37.2 Å². The second kappa shape index (κ2) is 11.4. The molecule has 31 heavy (non-hydrogen) atoms. The number of benzene rings is 1. The first-order valence-corrected chi connectivity index (χ1v) is 9.76. The van der Waals surface area contributed by atoms with Gasteiger partial charge in [0, 0.05) is 30.2 Å². The number of carbonyl (C=O) groups excluding carboxylic acids is 1. The van der Waals surface area contributed by atoms with Gasteiger partial charge in [-0.15, -0.1) is 0 Å². The Kier molecular flexibility index (Phi) is 8.65. The maximum atomic E-state index is 12.2. The smallest absolute Gasteiger partial charge is 0.253 e. The molecule has 0 aliphatic carbocycles. The van der Waals surface area contributed by atoms with Crippen LogP contribution in [0.15, 0.2) is 76.6 Å². The first-order chi connectivity index (χ1) is 14.9. The fourth-order valence-corrected chi connectivity index (χ4v) is 2.84. The van der Waals surface area contributed by atoms with Crippen molar-refractivity contribution in [3.8, 4) is 0 Å². The van der Waals surface area contributed by atoms with Gasteiger partial charge in [0.05, 0.1) is 25.2 Å². The molecule has 0 radical (unpaired) electrons. The van der Waals surface area contributed by atoms with E-state index >= 15 is 0 Å². The lowest BCUT2D eigenvalue weighted by atomic mass is 10.1. The van der Waals surface area contributed by atoms with E-state index in [-0.39, 0.29) is 23.6 Å². The minimum Gasteiger partial charge on any atom is -0.347 e. The molecule has 0 atom stereocenters. The zero-order valence-corrected chi connectivity index (χ0v) is 17.7. The van der Waals surface area contributed by atoms with Crippen LogP contribution >= 0.6 is 0 Å². The van der Waals surface area contributed by atoms with E-state index in [1.807, 2.05) is 30.3 Å². The average Bonchev–Trinajstić information content (AvgIpc) is 2.78. The molecule has 3 aromatic rings. The molecular formula is C23H27N5O3. The van der Waals surface area contributed by atoms with Crippen molar-refractivity contribution in [3.63, 3.8) is 0 Å². The minimum atomic E-state index is -0.325. The molecule has 0 unspecified atom stereocenters. The van der Waals surface area contributed by atoms with Crippen molar-refractivity contribution in [1.82, 2.24) is 14.5 Å². The van der Waals surface area contributed by atoms with Crippen LogP contribution in [-0.2, 0) is 13.1 Å². The van der Waals surface area contributed by atoms with Gasteiger partial charge in [0.2, 0.25) is 0 Å². The third kappa shape index (κ3) is 6.90. The summed E-state index contributed by atoms with van der Waals surface area (Å²) in [6, 6.07) is 15.5. The van der Waals surface area contributed by atoms with E-state index in [1.54, 1.807) is 23.8 Å². The fourth-order valence-electron chi connectivity index (χ4n) is 2.84. The van der Waals surface area contributed by atoms with Gasteiger partial charge < -0.3 is 25.6 Å². The predicted molar refractivity (Wildman–Crippen MR) is 122 cm³/mol. The number of hydrogen-bond donors (Lipinski definition) is 3. The summed E-state index contributed by atoms with van der Waals surface area (Å²) in [5, 5.41) is 10.0. The molecule has 8 heteroatoms. The van der Waals surface area contributed by atoms with Crippen LogP contribution in [-0.4, -0.2) is 34.3 Å². The summed E-state index contributed by atoms with van der Waals surface area (Å²) in [5.74, 6) is -0.325. The van der Waals surface area contributed by atoms with Crippen molar-refractivity contribution in [3.05, 3.63) is 104 Å². The number of rotatable bonds is 7. The zero-order valence-electron chi connectivity index (χ0n) is 17.7. The van der Waals surface area contributed by atoms with Crippen LogP contribution in [0.3, 0.4) is 0 Å². The number of hydrogen-bond acceptors (Lipinski definition) is 5. The van der Waals surface area contributed by atoms with Crippen molar-refractivity contribution in [1.29, 1.82) is 5.41 Å². The highest BCUT2D eigenvalue weighted by atomic mass is 16.2. The summed E-state index contributed by atoms with van der Waals surface area (Å²) in [6.45, 7) is 2.58. The van der Waals surface area contributed by atoms with E-state index in [9.17, 15) is 14.4 Å². The largest absolute Gasteiger partial charge is 0.347 e. The van der Waals surface area contributed by atoms with E-state index in [4.69, 9.17) is 5.41 Å². The SMILES string of the molecule is CC(=N)CNC(=O)c1ccc(=O)n(Cc2ccc(Cn3ccccc3=O)cc2)c1.CN. The van der Waals surface area contributed by atoms with Gasteiger partial charge >= 0.3 is 0 Å². The maximum absolute atomic E-state index is 12.2. The topological polar surface area (TPSA) is 123 Å². The molecule has 2 aromatic heterocycles. The van der Waals surface area contributed by atoms with Crippen molar-refractivity contribution < 1.29 is 4.79 Å². The molecule has 0 saturated carbocycles. The lowest BCUT2D eigenvalue weighted by Gasteiger charge is -2.10. The highest BCUT2D eigenvalue weighted by Gasteiger charge is 2.08.